The van der Waals surface area contributed by atoms with E-state index in [0.29, 0.717) is 6.54 Å². The van der Waals surface area contributed by atoms with Crippen LogP contribution >= 0.6 is 0 Å². The first-order valence-electron chi connectivity index (χ1n) is 4.78. The molecule has 0 saturated heterocycles. The summed E-state index contributed by atoms with van der Waals surface area (Å²) in [6, 6.07) is 12.2. The SMILES string of the molecule is NCCc1cccc2cc(N)ccc12. The number of rotatable bonds is 2. The van der Waals surface area contributed by atoms with Gasteiger partial charge in [0.05, 0.1) is 0 Å². The fourth-order valence-electron chi connectivity index (χ4n) is 1.74. The van der Waals surface area contributed by atoms with E-state index < -0.39 is 0 Å². The smallest absolute Gasteiger partial charge is 0.0320 e. The molecule has 0 aliphatic heterocycles. The van der Waals surface area contributed by atoms with E-state index in [9.17, 15) is 0 Å². The molecule has 0 bridgehead atoms. The molecule has 2 aromatic rings. The van der Waals surface area contributed by atoms with Gasteiger partial charge in [-0.2, -0.15) is 0 Å². The van der Waals surface area contributed by atoms with Crippen molar-refractivity contribution in [2.75, 3.05) is 12.3 Å². The van der Waals surface area contributed by atoms with Crippen molar-refractivity contribution in [2.24, 2.45) is 5.73 Å². The average molecular weight is 186 g/mol. The molecular weight excluding hydrogens is 172 g/mol. The van der Waals surface area contributed by atoms with Crippen molar-refractivity contribution < 1.29 is 0 Å². The van der Waals surface area contributed by atoms with Crippen molar-refractivity contribution >= 4 is 16.5 Å². The van der Waals surface area contributed by atoms with Gasteiger partial charge in [0.2, 0.25) is 0 Å². The molecule has 0 aliphatic carbocycles. The van der Waals surface area contributed by atoms with Crippen LogP contribution in [-0.2, 0) is 6.42 Å². The number of nitrogen functional groups attached to an aromatic ring is 1. The van der Waals surface area contributed by atoms with Crippen LogP contribution in [0, 0.1) is 0 Å². The number of nitrogens with two attached hydrogens (primary N) is 2. The van der Waals surface area contributed by atoms with E-state index in [4.69, 9.17) is 11.5 Å². The molecule has 2 nitrogen and oxygen atoms in total. The van der Waals surface area contributed by atoms with Crippen LogP contribution in [0.15, 0.2) is 36.4 Å². The van der Waals surface area contributed by atoms with Gasteiger partial charge in [-0.25, -0.2) is 0 Å². The molecule has 2 heteroatoms. The van der Waals surface area contributed by atoms with Crippen LogP contribution in [0.3, 0.4) is 0 Å². The van der Waals surface area contributed by atoms with Crippen LogP contribution in [0.2, 0.25) is 0 Å². The van der Waals surface area contributed by atoms with Gasteiger partial charge in [0.15, 0.2) is 0 Å². The minimum atomic E-state index is 0.684. The lowest BCUT2D eigenvalue weighted by molar-refractivity contribution is 0.977. The quantitative estimate of drug-likeness (QED) is 0.704. The molecule has 0 heterocycles. The molecule has 0 fully saturated rings. The molecule has 14 heavy (non-hydrogen) atoms. The summed E-state index contributed by atoms with van der Waals surface area (Å²) >= 11 is 0. The Hall–Kier alpha value is -1.54. The van der Waals surface area contributed by atoms with Gasteiger partial charge in [-0.3, -0.25) is 0 Å². The molecule has 0 saturated carbocycles. The maximum absolute atomic E-state index is 5.72. The summed E-state index contributed by atoms with van der Waals surface area (Å²) in [4.78, 5) is 0. The second-order valence-corrected chi connectivity index (χ2v) is 3.44. The van der Waals surface area contributed by atoms with E-state index in [2.05, 4.69) is 18.2 Å². The number of benzene rings is 2. The Bertz CT molecular complexity index is 449. The van der Waals surface area contributed by atoms with Crippen LogP contribution in [0.5, 0.6) is 0 Å². The second-order valence-electron chi connectivity index (χ2n) is 3.44. The summed E-state index contributed by atoms with van der Waals surface area (Å²) in [5, 5.41) is 2.45. The predicted molar refractivity (Wildman–Crippen MR) is 61.1 cm³/mol. The molecule has 0 radical (unpaired) electrons. The Morgan fingerprint density at radius 1 is 1.07 bits per heavy atom. The van der Waals surface area contributed by atoms with E-state index >= 15 is 0 Å². The summed E-state index contributed by atoms with van der Waals surface area (Å²) in [5.41, 5.74) is 13.4. The van der Waals surface area contributed by atoms with E-state index in [1.54, 1.807) is 0 Å². The number of hydrogen-bond donors (Lipinski definition) is 2. The van der Waals surface area contributed by atoms with Crippen LogP contribution in [-0.4, -0.2) is 6.54 Å². The van der Waals surface area contributed by atoms with Gasteiger partial charge in [-0.15, -0.1) is 0 Å². The zero-order chi connectivity index (χ0) is 9.97. The van der Waals surface area contributed by atoms with Crippen LogP contribution in [0.1, 0.15) is 5.56 Å². The molecule has 0 aliphatic rings. The van der Waals surface area contributed by atoms with Crippen molar-refractivity contribution in [1.29, 1.82) is 0 Å². The first-order valence-corrected chi connectivity index (χ1v) is 4.78. The first-order chi connectivity index (χ1) is 6.81. The highest BCUT2D eigenvalue weighted by Crippen LogP contribution is 2.21. The molecule has 0 amide bonds. The Kier molecular flexibility index (Phi) is 2.37. The topological polar surface area (TPSA) is 52.0 Å². The fraction of sp³-hybridized carbons (Fsp3) is 0.167. The molecule has 2 rings (SSSR count). The van der Waals surface area contributed by atoms with Crippen LogP contribution in [0.25, 0.3) is 10.8 Å². The normalized spacial score (nSPS) is 10.6. The molecule has 72 valence electrons. The second kappa shape index (κ2) is 3.68. The highest BCUT2D eigenvalue weighted by Gasteiger charge is 1.99. The molecule has 4 N–H and O–H groups in total. The average Bonchev–Trinajstić information content (AvgIpc) is 2.18. The highest BCUT2D eigenvalue weighted by molar-refractivity contribution is 5.88. The lowest BCUT2D eigenvalue weighted by Crippen LogP contribution is -2.03. The number of hydrogen-bond acceptors (Lipinski definition) is 2. The van der Waals surface area contributed by atoms with Crippen LogP contribution < -0.4 is 11.5 Å². The Morgan fingerprint density at radius 2 is 1.93 bits per heavy atom. The third kappa shape index (κ3) is 1.56. The summed E-state index contributed by atoms with van der Waals surface area (Å²) in [7, 11) is 0. The minimum Gasteiger partial charge on any atom is -0.399 e. The van der Waals surface area contributed by atoms with E-state index in [1.165, 1.54) is 16.3 Å². The lowest BCUT2D eigenvalue weighted by atomic mass is 10.0. The Morgan fingerprint density at radius 3 is 2.71 bits per heavy atom. The summed E-state index contributed by atoms with van der Waals surface area (Å²) < 4.78 is 0. The third-order valence-corrected chi connectivity index (χ3v) is 2.41. The van der Waals surface area contributed by atoms with Crippen molar-refractivity contribution in [3.8, 4) is 0 Å². The summed E-state index contributed by atoms with van der Waals surface area (Å²) in [5.74, 6) is 0. The zero-order valence-electron chi connectivity index (χ0n) is 8.03. The largest absolute Gasteiger partial charge is 0.399 e. The summed E-state index contributed by atoms with van der Waals surface area (Å²) in [6.45, 7) is 0.684. The fourth-order valence-corrected chi connectivity index (χ4v) is 1.74. The van der Waals surface area contributed by atoms with Gasteiger partial charge >= 0.3 is 0 Å². The molecular formula is C12H14N2. The molecule has 0 unspecified atom stereocenters. The first kappa shape index (κ1) is 9.03. The van der Waals surface area contributed by atoms with Gasteiger partial charge in [0, 0.05) is 5.69 Å². The molecule has 0 aromatic heterocycles. The molecule has 2 aromatic carbocycles. The van der Waals surface area contributed by atoms with Crippen molar-refractivity contribution in [3.63, 3.8) is 0 Å². The van der Waals surface area contributed by atoms with Gasteiger partial charge in [-0.05, 0) is 41.4 Å². The minimum absolute atomic E-state index is 0.684. The molecule has 0 atom stereocenters. The van der Waals surface area contributed by atoms with Crippen LogP contribution in [0.4, 0.5) is 5.69 Å². The van der Waals surface area contributed by atoms with Crippen molar-refractivity contribution in [3.05, 3.63) is 42.0 Å². The Balaban J connectivity index is 2.62. The lowest BCUT2D eigenvalue weighted by Gasteiger charge is -2.05. The predicted octanol–water partition coefficient (Wildman–Crippen LogP) is 1.92. The summed E-state index contributed by atoms with van der Waals surface area (Å²) in [6.07, 6.45) is 0.918. The van der Waals surface area contributed by atoms with Gasteiger partial charge < -0.3 is 11.5 Å². The van der Waals surface area contributed by atoms with Crippen molar-refractivity contribution in [2.45, 2.75) is 6.42 Å². The van der Waals surface area contributed by atoms with Gasteiger partial charge in [0.25, 0.3) is 0 Å². The third-order valence-electron chi connectivity index (χ3n) is 2.41. The highest BCUT2D eigenvalue weighted by atomic mass is 14.5. The molecule has 0 spiro atoms. The van der Waals surface area contributed by atoms with Gasteiger partial charge in [0.1, 0.15) is 0 Å². The van der Waals surface area contributed by atoms with E-state index in [1.807, 2.05) is 18.2 Å². The number of anilines is 1. The standard InChI is InChI=1S/C12H14N2/c13-7-6-9-2-1-3-10-8-11(14)4-5-12(9)10/h1-5,8H,6-7,13-14H2. The van der Waals surface area contributed by atoms with Gasteiger partial charge in [-0.1, -0.05) is 24.3 Å². The number of fused-ring (bicyclic) bond motifs is 1. The maximum atomic E-state index is 5.72. The van der Waals surface area contributed by atoms with E-state index in [0.717, 1.165) is 12.1 Å². The Labute approximate surface area is 83.5 Å². The maximum Gasteiger partial charge on any atom is 0.0320 e. The van der Waals surface area contributed by atoms with E-state index in [-0.39, 0.29) is 0 Å². The zero-order valence-corrected chi connectivity index (χ0v) is 8.03. The van der Waals surface area contributed by atoms with Crippen molar-refractivity contribution in [1.82, 2.24) is 0 Å². The monoisotopic (exact) mass is 186 g/mol.